The molecule has 1 N–H and O–H groups in total. The molecule has 0 bridgehead atoms. The molecule has 2 aromatic rings. The molecule has 0 saturated heterocycles. The van der Waals surface area contributed by atoms with Crippen LogP contribution in [0.15, 0.2) is 45.8 Å². The van der Waals surface area contributed by atoms with E-state index in [4.69, 9.17) is 9.47 Å². The zero-order chi connectivity index (χ0) is 20.0. The van der Waals surface area contributed by atoms with E-state index < -0.39 is 15.7 Å². The van der Waals surface area contributed by atoms with Crippen LogP contribution in [-0.2, 0) is 9.84 Å². The fraction of sp³-hybridized carbons (Fsp3) is 0.316. The van der Waals surface area contributed by atoms with Gasteiger partial charge in [0.25, 0.3) is 5.91 Å². The highest BCUT2D eigenvalue weighted by Crippen LogP contribution is 2.37. The Morgan fingerprint density at radius 1 is 1.19 bits per heavy atom. The standard InChI is InChI=1S/C19H22BrNO5S/c1-4-10-26-18-14(20)11-13(12-16(18)25-3)19(22)21-15-8-6-7-9-17(15)27(23,24)5-2/h6-9,11-12H,4-5,10H2,1-3H3,(H,21,22). The first kappa shape index (κ1) is 21.2. The Kier molecular flexibility index (Phi) is 7.26. The predicted octanol–water partition coefficient (Wildman–Crippen LogP) is 4.29. The number of benzene rings is 2. The Labute approximate surface area is 167 Å². The summed E-state index contributed by atoms with van der Waals surface area (Å²) in [6.45, 7) is 4.07. The molecule has 0 spiro atoms. The Hall–Kier alpha value is -2.06. The molecule has 0 aliphatic carbocycles. The number of rotatable bonds is 8. The van der Waals surface area contributed by atoms with E-state index >= 15 is 0 Å². The van der Waals surface area contributed by atoms with Gasteiger partial charge in [-0.3, -0.25) is 4.79 Å². The molecule has 0 atom stereocenters. The lowest BCUT2D eigenvalue weighted by Crippen LogP contribution is -2.16. The average Bonchev–Trinajstić information content (AvgIpc) is 2.66. The second-order valence-electron chi connectivity index (χ2n) is 5.69. The third-order valence-corrected chi connectivity index (χ3v) is 6.17. The largest absolute Gasteiger partial charge is 0.493 e. The van der Waals surface area contributed by atoms with E-state index in [9.17, 15) is 13.2 Å². The first-order valence-corrected chi connectivity index (χ1v) is 10.9. The van der Waals surface area contributed by atoms with Crippen LogP contribution < -0.4 is 14.8 Å². The minimum atomic E-state index is -3.46. The van der Waals surface area contributed by atoms with Gasteiger partial charge in [0.05, 0.1) is 34.5 Å². The molecular weight excluding hydrogens is 434 g/mol. The van der Waals surface area contributed by atoms with E-state index in [0.29, 0.717) is 28.1 Å². The molecule has 0 fully saturated rings. The van der Waals surface area contributed by atoms with Crippen molar-refractivity contribution in [2.75, 3.05) is 24.8 Å². The molecule has 27 heavy (non-hydrogen) atoms. The van der Waals surface area contributed by atoms with Crippen molar-refractivity contribution in [3.8, 4) is 11.5 Å². The highest BCUT2D eigenvalue weighted by Gasteiger charge is 2.20. The number of nitrogens with one attached hydrogen (secondary N) is 1. The van der Waals surface area contributed by atoms with Crippen molar-refractivity contribution in [1.82, 2.24) is 0 Å². The zero-order valence-corrected chi connectivity index (χ0v) is 17.8. The monoisotopic (exact) mass is 455 g/mol. The molecule has 0 radical (unpaired) electrons. The number of methoxy groups -OCH3 is 1. The molecule has 2 aromatic carbocycles. The van der Waals surface area contributed by atoms with Gasteiger partial charge in [-0.1, -0.05) is 26.0 Å². The fourth-order valence-electron chi connectivity index (χ4n) is 2.39. The van der Waals surface area contributed by atoms with Gasteiger partial charge in [-0.25, -0.2) is 8.42 Å². The zero-order valence-electron chi connectivity index (χ0n) is 15.4. The van der Waals surface area contributed by atoms with Crippen LogP contribution in [-0.4, -0.2) is 33.8 Å². The van der Waals surface area contributed by atoms with Crippen molar-refractivity contribution >= 4 is 37.4 Å². The summed E-state index contributed by atoms with van der Waals surface area (Å²) < 4.78 is 36.1. The highest BCUT2D eigenvalue weighted by atomic mass is 79.9. The lowest BCUT2D eigenvalue weighted by molar-refractivity contribution is 0.102. The van der Waals surface area contributed by atoms with E-state index in [1.807, 2.05) is 6.92 Å². The molecule has 0 aliphatic heterocycles. The molecular formula is C19H22BrNO5S. The first-order chi connectivity index (χ1) is 12.8. The number of ether oxygens (including phenoxy) is 2. The minimum absolute atomic E-state index is 0.0529. The second-order valence-corrected chi connectivity index (χ2v) is 8.79. The normalized spacial score (nSPS) is 11.1. The SMILES string of the molecule is CCCOc1c(Br)cc(C(=O)Nc2ccccc2S(=O)(=O)CC)cc1OC. The van der Waals surface area contributed by atoms with Crippen molar-refractivity contribution in [1.29, 1.82) is 0 Å². The van der Waals surface area contributed by atoms with Crippen molar-refractivity contribution < 1.29 is 22.7 Å². The van der Waals surface area contributed by atoms with Crippen LogP contribution in [0.4, 0.5) is 5.69 Å². The van der Waals surface area contributed by atoms with Crippen LogP contribution in [0, 0.1) is 0 Å². The van der Waals surface area contributed by atoms with Gasteiger partial charge in [-0.05, 0) is 46.6 Å². The van der Waals surface area contributed by atoms with E-state index in [0.717, 1.165) is 6.42 Å². The molecule has 0 heterocycles. The first-order valence-electron chi connectivity index (χ1n) is 8.47. The molecule has 0 aromatic heterocycles. The topological polar surface area (TPSA) is 81.7 Å². The van der Waals surface area contributed by atoms with Crippen LogP contribution in [0.25, 0.3) is 0 Å². The quantitative estimate of drug-likeness (QED) is 0.641. The van der Waals surface area contributed by atoms with Gasteiger partial charge >= 0.3 is 0 Å². The van der Waals surface area contributed by atoms with Gasteiger partial charge in [-0.15, -0.1) is 0 Å². The molecule has 8 heteroatoms. The number of anilines is 1. The Morgan fingerprint density at radius 3 is 2.52 bits per heavy atom. The van der Waals surface area contributed by atoms with Crippen LogP contribution in [0.5, 0.6) is 11.5 Å². The van der Waals surface area contributed by atoms with E-state index in [-0.39, 0.29) is 16.3 Å². The highest BCUT2D eigenvalue weighted by molar-refractivity contribution is 9.10. The molecule has 0 saturated carbocycles. The third kappa shape index (κ3) is 5.01. The van der Waals surface area contributed by atoms with Gasteiger partial charge in [0.1, 0.15) is 0 Å². The lowest BCUT2D eigenvalue weighted by atomic mass is 10.1. The Morgan fingerprint density at radius 2 is 1.89 bits per heavy atom. The molecule has 1 amide bonds. The van der Waals surface area contributed by atoms with E-state index in [1.54, 1.807) is 37.3 Å². The van der Waals surface area contributed by atoms with Gasteiger partial charge in [0.2, 0.25) is 0 Å². The van der Waals surface area contributed by atoms with E-state index in [1.165, 1.54) is 13.2 Å². The number of amides is 1. The van der Waals surface area contributed by atoms with Gasteiger partial charge in [0, 0.05) is 5.56 Å². The smallest absolute Gasteiger partial charge is 0.255 e. The maximum atomic E-state index is 12.7. The van der Waals surface area contributed by atoms with Crippen molar-refractivity contribution in [2.45, 2.75) is 25.2 Å². The number of halogens is 1. The van der Waals surface area contributed by atoms with Crippen molar-refractivity contribution in [3.05, 3.63) is 46.4 Å². The maximum Gasteiger partial charge on any atom is 0.255 e. The van der Waals surface area contributed by atoms with Gasteiger partial charge in [0.15, 0.2) is 21.3 Å². The number of carbonyl (C=O) groups excluding carboxylic acids is 1. The predicted molar refractivity (Wildman–Crippen MR) is 109 cm³/mol. The van der Waals surface area contributed by atoms with E-state index in [2.05, 4.69) is 21.2 Å². The summed E-state index contributed by atoms with van der Waals surface area (Å²) in [7, 11) is -1.97. The van der Waals surface area contributed by atoms with Gasteiger partial charge < -0.3 is 14.8 Å². The lowest BCUT2D eigenvalue weighted by Gasteiger charge is -2.15. The average molecular weight is 456 g/mol. The van der Waals surface area contributed by atoms with Crippen molar-refractivity contribution in [3.63, 3.8) is 0 Å². The summed E-state index contributed by atoms with van der Waals surface area (Å²) in [5, 5.41) is 2.67. The summed E-state index contributed by atoms with van der Waals surface area (Å²) >= 11 is 3.40. The second kappa shape index (κ2) is 9.23. The number of hydrogen-bond donors (Lipinski definition) is 1. The number of sulfone groups is 1. The molecule has 6 nitrogen and oxygen atoms in total. The third-order valence-electron chi connectivity index (χ3n) is 3.79. The summed E-state index contributed by atoms with van der Waals surface area (Å²) in [6, 6.07) is 9.50. The number of carbonyl (C=O) groups is 1. The summed E-state index contributed by atoms with van der Waals surface area (Å²) in [5.41, 5.74) is 0.553. The maximum absolute atomic E-state index is 12.7. The molecule has 0 unspecified atom stereocenters. The van der Waals surface area contributed by atoms with Crippen LogP contribution in [0.1, 0.15) is 30.6 Å². The summed E-state index contributed by atoms with van der Waals surface area (Å²) in [6.07, 6.45) is 0.834. The van der Waals surface area contributed by atoms with Crippen molar-refractivity contribution in [2.24, 2.45) is 0 Å². The van der Waals surface area contributed by atoms with Crippen LogP contribution in [0.3, 0.4) is 0 Å². The minimum Gasteiger partial charge on any atom is -0.493 e. The Bertz CT molecular complexity index is 928. The number of hydrogen-bond acceptors (Lipinski definition) is 5. The number of para-hydroxylation sites is 1. The van der Waals surface area contributed by atoms with Crippen LogP contribution in [0.2, 0.25) is 0 Å². The summed E-state index contributed by atoms with van der Waals surface area (Å²) in [4.78, 5) is 12.8. The molecule has 146 valence electrons. The Balaban J connectivity index is 2.36. The summed E-state index contributed by atoms with van der Waals surface area (Å²) in [5.74, 6) is 0.431. The molecule has 2 rings (SSSR count). The fourth-order valence-corrected chi connectivity index (χ4v) is 3.99. The van der Waals surface area contributed by atoms with Crippen LogP contribution >= 0.6 is 15.9 Å². The van der Waals surface area contributed by atoms with Gasteiger partial charge in [-0.2, -0.15) is 0 Å². The molecule has 0 aliphatic rings.